The van der Waals surface area contributed by atoms with Gasteiger partial charge in [-0.1, -0.05) is 48.0 Å². The van der Waals surface area contributed by atoms with Crippen molar-refractivity contribution in [2.75, 3.05) is 6.54 Å². The number of hydrogen-bond donors (Lipinski definition) is 2. The van der Waals surface area contributed by atoms with E-state index < -0.39 is 22.1 Å². The summed E-state index contributed by atoms with van der Waals surface area (Å²) >= 11 is 6.33. The Hall–Kier alpha value is -3.42. The van der Waals surface area contributed by atoms with Crippen LogP contribution in [0.2, 0.25) is 5.02 Å². The van der Waals surface area contributed by atoms with E-state index >= 15 is 0 Å². The van der Waals surface area contributed by atoms with Crippen LogP contribution in [0.5, 0.6) is 0 Å². The molecule has 5 rings (SSSR count). The van der Waals surface area contributed by atoms with Gasteiger partial charge in [0.2, 0.25) is 5.54 Å². The number of nitrogens with zero attached hydrogens (tertiary/aromatic N) is 2. The SMILES string of the molecule is CC1(C(=O)O)CCC[N@+]1(Cc1cc(-c2ccccc2)c(=O)n2c1-c1cc(Cl)ccc1CC2)C(=O)O. The molecule has 2 atom stereocenters. The molecule has 0 aliphatic carbocycles. The van der Waals surface area contributed by atoms with Gasteiger partial charge in [0.25, 0.3) is 5.56 Å². The Morgan fingerprint density at radius 2 is 1.83 bits per heavy atom. The van der Waals surface area contributed by atoms with Gasteiger partial charge in [0.05, 0.1) is 12.2 Å². The predicted molar refractivity (Wildman–Crippen MR) is 132 cm³/mol. The first-order valence-corrected chi connectivity index (χ1v) is 12.0. The van der Waals surface area contributed by atoms with E-state index in [9.17, 15) is 24.6 Å². The van der Waals surface area contributed by atoms with Crippen LogP contribution < -0.4 is 5.56 Å². The molecule has 8 heteroatoms. The molecule has 0 saturated carbocycles. The van der Waals surface area contributed by atoms with Crippen LogP contribution in [0.4, 0.5) is 4.79 Å². The third-order valence-corrected chi connectivity index (χ3v) is 8.04. The van der Waals surface area contributed by atoms with Crippen molar-refractivity contribution < 1.29 is 24.3 Å². The number of aliphatic carboxylic acids is 1. The molecule has 1 fully saturated rings. The molecular weight excluding hydrogens is 468 g/mol. The summed E-state index contributed by atoms with van der Waals surface area (Å²) in [5.41, 5.74) is 2.61. The average molecular weight is 494 g/mol. The summed E-state index contributed by atoms with van der Waals surface area (Å²) in [6, 6.07) is 16.5. The lowest BCUT2D eigenvalue weighted by Crippen LogP contribution is -2.65. The van der Waals surface area contributed by atoms with Gasteiger partial charge in [-0.05, 0) is 35.7 Å². The highest BCUT2D eigenvalue weighted by molar-refractivity contribution is 6.30. The minimum Gasteiger partial charge on any atom is -0.477 e. The molecule has 2 aliphatic heterocycles. The Balaban J connectivity index is 1.81. The van der Waals surface area contributed by atoms with Crippen molar-refractivity contribution in [1.82, 2.24) is 4.57 Å². The van der Waals surface area contributed by atoms with E-state index in [-0.39, 0.29) is 25.1 Å². The first kappa shape index (κ1) is 23.3. The normalized spacial score (nSPS) is 22.9. The lowest BCUT2D eigenvalue weighted by molar-refractivity contribution is -0.897. The fourth-order valence-corrected chi connectivity index (χ4v) is 5.96. The summed E-state index contributed by atoms with van der Waals surface area (Å²) < 4.78 is 1.07. The molecule has 2 N–H and O–H groups in total. The quantitative estimate of drug-likeness (QED) is 0.497. The van der Waals surface area contributed by atoms with Gasteiger partial charge in [-0.15, -0.1) is 0 Å². The van der Waals surface area contributed by atoms with E-state index in [2.05, 4.69) is 0 Å². The van der Waals surface area contributed by atoms with E-state index in [1.165, 1.54) is 6.92 Å². The Morgan fingerprint density at radius 1 is 1.09 bits per heavy atom. The zero-order chi connectivity index (χ0) is 25.0. The van der Waals surface area contributed by atoms with Gasteiger partial charge in [-0.2, -0.15) is 4.79 Å². The second-order valence-electron chi connectivity index (χ2n) is 9.62. The van der Waals surface area contributed by atoms with Crippen LogP contribution in [0.1, 0.15) is 30.9 Å². The summed E-state index contributed by atoms with van der Waals surface area (Å²) in [6.07, 6.45) is 0.207. The fourth-order valence-electron chi connectivity index (χ4n) is 5.78. The van der Waals surface area contributed by atoms with Crippen LogP contribution in [0.15, 0.2) is 59.4 Å². The number of aromatic nitrogens is 1. The number of carboxylic acids is 1. The average Bonchev–Trinajstić information content (AvgIpc) is 3.19. The number of fused-ring (bicyclic) bond motifs is 3. The molecule has 0 bridgehead atoms. The van der Waals surface area contributed by atoms with Crippen LogP contribution in [-0.4, -0.2) is 43.4 Å². The maximum absolute atomic E-state index is 13.7. The molecule has 2 aliphatic rings. The van der Waals surface area contributed by atoms with Gasteiger partial charge in [-0.3, -0.25) is 4.79 Å². The lowest BCUT2D eigenvalue weighted by Gasteiger charge is -2.40. The summed E-state index contributed by atoms with van der Waals surface area (Å²) in [4.78, 5) is 38.8. The highest BCUT2D eigenvalue weighted by atomic mass is 35.5. The Kier molecular flexibility index (Phi) is 5.57. The minimum atomic E-state index is -1.49. The second-order valence-corrected chi connectivity index (χ2v) is 10.1. The van der Waals surface area contributed by atoms with Gasteiger partial charge in [0, 0.05) is 48.0 Å². The summed E-state index contributed by atoms with van der Waals surface area (Å²) in [5, 5.41) is 21.0. The molecule has 3 heterocycles. The number of hydrogen-bond acceptors (Lipinski definition) is 3. The van der Waals surface area contributed by atoms with E-state index in [1.54, 1.807) is 22.8 Å². The van der Waals surface area contributed by atoms with Crippen molar-refractivity contribution in [3.05, 3.63) is 81.1 Å². The van der Waals surface area contributed by atoms with Gasteiger partial charge < -0.3 is 14.8 Å². The standard InChI is InChI=1S/C27H25ClN2O5/c1-27(25(32)33)11-5-13-30(27,26(34)35)16-19-14-22(17-6-3-2-4-7-17)24(31)29-12-10-18-8-9-20(28)15-21(18)23(19)29/h2-4,6-9,14-15H,5,10-13,16H2,1H3,(H-,32,33,34,35)/p+1/t27?,30-/m0/s1. The number of carbonyl (C=O) groups is 2. The number of likely N-dealkylation sites (tertiary alicyclic amines) is 1. The van der Waals surface area contributed by atoms with Crippen LogP contribution in [0.25, 0.3) is 22.4 Å². The molecule has 180 valence electrons. The topological polar surface area (TPSA) is 96.6 Å². The number of benzene rings is 2. The molecular formula is C27H26ClN2O5+. The fraction of sp³-hybridized carbons (Fsp3) is 0.296. The maximum atomic E-state index is 13.7. The van der Waals surface area contributed by atoms with Gasteiger partial charge in [-0.25, -0.2) is 9.28 Å². The predicted octanol–water partition coefficient (Wildman–Crippen LogP) is 5.02. The smallest absolute Gasteiger partial charge is 0.477 e. The van der Waals surface area contributed by atoms with Gasteiger partial charge in [0.15, 0.2) is 0 Å². The number of carboxylic acid groups (broad SMARTS) is 2. The molecule has 1 unspecified atom stereocenters. The van der Waals surface area contributed by atoms with Gasteiger partial charge in [0.1, 0.15) is 6.54 Å². The second kappa shape index (κ2) is 8.36. The number of aryl methyl sites for hydroxylation is 1. The molecule has 0 spiro atoms. The molecule has 3 aromatic rings. The summed E-state index contributed by atoms with van der Waals surface area (Å²) in [7, 11) is 0. The Bertz CT molecular complexity index is 1420. The third-order valence-electron chi connectivity index (χ3n) is 7.80. The van der Waals surface area contributed by atoms with E-state index in [0.717, 1.165) is 16.7 Å². The van der Waals surface area contributed by atoms with Crippen molar-refractivity contribution in [1.29, 1.82) is 0 Å². The Morgan fingerprint density at radius 3 is 2.51 bits per heavy atom. The number of rotatable bonds is 4. The molecule has 1 aromatic heterocycles. The van der Waals surface area contributed by atoms with Crippen LogP contribution in [0, 0.1) is 0 Å². The zero-order valence-electron chi connectivity index (χ0n) is 19.3. The summed E-state index contributed by atoms with van der Waals surface area (Å²) in [6.45, 7) is 2.10. The van der Waals surface area contributed by atoms with Crippen molar-refractivity contribution in [2.45, 2.75) is 44.8 Å². The minimum absolute atomic E-state index is 0.0560. The number of pyridine rings is 1. The number of amides is 1. The molecule has 35 heavy (non-hydrogen) atoms. The number of halogens is 1. The van der Waals surface area contributed by atoms with Crippen LogP contribution >= 0.6 is 11.6 Å². The highest BCUT2D eigenvalue weighted by Gasteiger charge is 2.62. The Labute approximate surface area is 207 Å². The molecule has 1 amide bonds. The van der Waals surface area contributed by atoms with E-state index in [4.69, 9.17) is 11.6 Å². The van der Waals surface area contributed by atoms with Crippen LogP contribution in [-0.2, 0) is 24.3 Å². The van der Waals surface area contributed by atoms with Crippen molar-refractivity contribution in [3.8, 4) is 22.4 Å². The monoisotopic (exact) mass is 493 g/mol. The van der Waals surface area contributed by atoms with E-state index in [0.29, 0.717) is 41.2 Å². The zero-order valence-corrected chi connectivity index (χ0v) is 20.1. The molecule has 1 saturated heterocycles. The van der Waals surface area contributed by atoms with Gasteiger partial charge >= 0.3 is 12.1 Å². The molecule has 0 radical (unpaired) electrons. The first-order chi connectivity index (χ1) is 16.7. The van der Waals surface area contributed by atoms with Crippen LogP contribution in [0.3, 0.4) is 0 Å². The third kappa shape index (κ3) is 3.49. The first-order valence-electron chi connectivity index (χ1n) is 11.6. The summed E-state index contributed by atoms with van der Waals surface area (Å²) in [5.74, 6) is -1.13. The van der Waals surface area contributed by atoms with Crippen molar-refractivity contribution >= 4 is 23.7 Å². The van der Waals surface area contributed by atoms with E-state index in [1.807, 2.05) is 36.4 Å². The lowest BCUT2D eigenvalue weighted by atomic mass is 9.90. The van der Waals surface area contributed by atoms with Crippen molar-refractivity contribution in [2.24, 2.45) is 0 Å². The number of quaternary nitrogens is 1. The molecule has 7 nitrogen and oxygen atoms in total. The maximum Gasteiger partial charge on any atom is 0.514 e. The highest BCUT2D eigenvalue weighted by Crippen LogP contribution is 2.43. The molecule has 2 aromatic carbocycles. The van der Waals surface area contributed by atoms with Crippen molar-refractivity contribution in [3.63, 3.8) is 0 Å². The largest absolute Gasteiger partial charge is 0.514 e.